The second-order valence-corrected chi connectivity index (χ2v) is 23.5. The largest absolute Gasteiger partial charge is 1.00 e. The van der Waals surface area contributed by atoms with E-state index in [9.17, 15) is 26.3 Å². The quantitative estimate of drug-likeness (QED) is 0.172. The van der Waals surface area contributed by atoms with Crippen molar-refractivity contribution in [2.24, 2.45) is 11.3 Å². The van der Waals surface area contributed by atoms with E-state index in [0.29, 0.717) is 20.8 Å². The van der Waals surface area contributed by atoms with Gasteiger partial charge in [0.2, 0.25) is 0 Å². The van der Waals surface area contributed by atoms with Crippen molar-refractivity contribution in [3.05, 3.63) is 144 Å². The fourth-order valence-electron chi connectivity index (χ4n) is 7.70. The molecular weight excluding hydrogens is 829 g/mol. The number of halogens is 8. The van der Waals surface area contributed by atoms with Gasteiger partial charge in [-0.1, -0.05) is 0 Å². The number of allylic oxidation sites excluding steroid dienone is 4. The van der Waals surface area contributed by atoms with Crippen LogP contribution >= 0.6 is 0 Å². The second kappa shape index (κ2) is 15.6. The summed E-state index contributed by atoms with van der Waals surface area (Å²) in [4.78, 5) is 0. The Bertz CT molecular complexity index is 2140. The molecule has 2 aliphatic rings. The minimum atomic E-state index is -4.63. The zero-order valence-corrected chi connectivity index (χ0v) is 36.9. The molecule has 0 nitrogen and oxygen atoms in total. The Labute approximate surface area is 342 Å². The van der Waals surface area contributed by atoms with Gasteiger partial charge in [-0.3, -0.25) is 0 Å². The molecule has 6 rings (SSSR count). The van der Waals surface area contributed by atoms with Crippen molar-refractivity contribution in [3.8, 4) is 11.1 Å². The molecule has 55 heavy (non-hydrogen) atoms. The molecule has 0 radical (unpaired) electrons. The van der Waals surface area contributed by atoms with Crippen LogP contribution in [0.15, 0.2) is 99.9 Å². The Morgan fingerprint density at radius 3 is 1.58 bits per heavy atom. The summed E-state index contributed by atoms with van der Waals surface area (Å²) in [6.45, 7) is 21.6. The average Bonchev–Trinajstić information content (AvgIpc) is 3.62. The van der Waals surface area contributed by atoms with Crippen LogP contribution in [-0.2, 0) is 50.9 Å². The molecule has 292 valence electrons. The molecule has 4 aromatic carbocycles. The summed E-state index contributed by atoms with van der Waals surface area (Å²) < 4.78 is 89.5. The van der Waals surface area contributed by atoms with Gasteiger partial charge in [-0.15, -0.1) is 0 Å². The SMILES string of the molecule is CC1C=C(C(C)(C)C)C=[C]1[Zr+2](=[C](c1cccc(C(F)(F)F)c1)c1cccc(C(F)(F)F)c1)[c]1c(C(C)(C)C)ccc2c1Cc1cc(C(C)(C)C)ccc1-2.[Cl-].[Cl-]. The second-order valence-electron chi connectivity index (χ2n) is 17.7. The first-order chi connectivity index (χ1) is 24.4. The summed E-state index contributed by atoms with van der Waals surface area (Å²) in [5.41, 5.74) is 6.41. The van der Waals surface area contributed by atoms with Gasteiger partial charge in [-0.2, -0.15) is 0 Å². The molecule has 0 N–H and O–H groups in total. The molecule has 0 fully saturated rings. The summed E-state index contributed by atoms with van der Waals surface area (Å²) in [6, 6.07) is 21.5. The first-order valence-electron chi connectivity index (χ1n) is 18.2. The van der Waals surface area contributed by atoms with Crippen molar-refractivity contribution in [2.45, 2.75) is 98.8 Å². The molecular formula is C46H48Cl2F6Zr. The van der Waals surface area contributed by atoms with Gasteiger partial charge in [-0.25, -0.2) is 0 Å². The van der Waals surface area contributed by atoms with Crippen molar-refractivity contribution in [1.82, 2.24) is 0 Å². The molecule has 2 aliphatic carbocycles. The van der Waals surface area contributed by atoms with Gasteiger partial charge < -0.3 is 24.8 Å². The Morgan fingerprint density at radius 1 is 0.600 bits per heavy atom. The third kappa shape index (κ3) is 9.05. The van der Waals surface area contributed by atoms with Crippen LogP contribution in [0.4, 0.5) is 26.3 Å². The van der Waals surface area contributed by atoms with E-state index in [4.69, 9.17) is 0 Å². The molecule has 1 atom stereocenters. The Hall–Kier alpha value is -2.73. The van der Waals surface area contributed by atoms with Crippen molar-refractivity contribution in [2.75, 3.05) is 0 Å². The van der Waals surface area contributed by atoms with Crippen LogP contribution in [0.5, 0.6) is 0 Å². The maximum atomic E-state index is 14.4. The fourth-order valence-corrected chi connectivity index (χ4v) is 17.1. The van der Waals surface area contributed by atoms with Crippen molar-refractivity contribution in [3.63, 3.8) is 0 Å². The normalized spacial score (nSPS) is 15.5. The maximum absolute atomic E-state index is 14.4. The Balaban J connectivity index is 0.00000336. The fraction of sp³-hybridized carbons (Fsp3) is 0.370. The smallest absolute Gasteiger partial charge is 1.00 e. The van der Waals surface area contributed by atoms with Gasteiger partial charge in [0.05, 0.1) is 0 Å². The summed E-state index contributed by atoms with van der Waals surface area (Å²) >= 11 is -3.83. The molecule has 0 heterocycles. The van der Waals surface area contributed by atoms with E-state index in [2.05, 4.69) is 112 Å². The Kier molecular flexibility index (Phi) is 12.7. The molecule has 0 saturated carbocycles. The molecule has 0 bridgehead atoms. The third-order valence-corrected chi connectivity index (χ3v) is 18.8. The minimum Gasteiger partial charge on any atom is -1.00 e. The van der Waals surface area contributed by atoms with Crippen molar-refractivity contribution >= 4 is 6.48 Å². The van der Waals surface area contributed by atoms with Gasteiger partial charge >= 0.3 is 320 Å². The van der Waals surface area contributed by atoms with Crippen LogP contribution in [0.1, 0.15) is 114 Å². The summed E-state index contributed by atoms with van der Waals surface area (Å²) in [6.07, 6.45) is -4.12. The third-order valence-electron chi connectivity index (χ3n) is 10.6. The van der Waals surface area contributed by atoms with E-state index in [1.165, 1.54) is 23.3 Å². The summed E-state index contributed by atoms with van der Waals surface area (Å²) in [5, 5.41) is 0. The zero-order valence-electron chi connectivity index (χ0n) is 33.0. The molecule has 4 aromatic rings. The number of benzene rings is 4. The van der Waals surface area contributed by atoms with E-state index < -0.39 is 44.7 Å². The standard InChI is InChI=1S/C21H25.C15H8F6.C10H15.2ClH.Zr/c1-20(2,3)16-7-9-18-14(12-16)11-15-13-17(21(4,5)6)8-10-19(15)18;16-14(17,18)12-5-1-3-10(8-12)7-11-4-2-6-13(9-11)15(19,20)21;1-8-5-6-9(7-8)10(2,3)4;;;/h7-10,12H,11H2,1-6H3;1-6,8-9H;6-8H,1-4H3;2*1H;/q;;;;;+2/p-2. The van der Waals surface area contributed by atoms with Gasteiger partial charge in [0, 0.05) is 0 Å². The van der Waals surface area contributed by atoms with Gasteiger partial charge in [-0.05, 0) is 0 Å². The Morgan fingerprint density at radius 2 is 1.13 bits per heavy atom. The molecule has 9 heteroatoms. The number of hydrogen-bond acceptors (Lipinski definition) is 0. The van der Waals surface area contributed by atoms with Crippen molar-refractivity contribution < 1.29 is 72.4 Å². The molecule has 0 aromatic heterocycles. The monoisotopic (exact) mass is 874 g/mol. The predicted octanol–water partition coefficient (Wildman–Crippen LogP) is 6.92. The van der Waals surface area contributed by atoms with Gasteiger partial charge in [0.1, 0.15) is 0 Å². The maximum Gasteiger partial charge on any atom is -1.00 e. The molecule has 1 unspecified atom stereocenters. The van der Waals surface area contributed by atoms with Crippen LogP contribution in [-0.4, -0.2) is 3.21 Å². The predicted molar refractivity (Wildman–Crippen MR) is 203 cm³/mol. The topological polar surface area (TPSA) is 0 Å². The first-order valence-corrected chi connectivity index (χ1v) is 21.9. The van der Waals surface area contributed by atoms with Crippen LogP contribution < -0.4 is 28.1 Å². The average molecular weight is 877 g/mol. The number of alkyl halides is 6. The summed E-state index contributed by atoms with van der Waals surface area (Å²) in [5.74, 6) is -0.0508. The van der Waals surface area contributed by atoms with Crippen molar-refractivity contribution in [1.29, 1.82) is 0 Å². The molecule has 0 spiro atoms. The number of fused-ring (bicyclic) bond motifs is 3. The van der Waals surface area contributed by atoms with E-state index in [1.807, 2.05) is 0 Å². The van der Waals surface area contributed by atoms with Crippen LogP contribution in [0.3, 0.4) is 0 Å². The zero-order chi connectivity index (χ0) is 39.1. The van der Waals surface area contributed by atoms with E-state index >= 15 is 0 Å². The van der Waals surface area contributed by atoms with E-state index in [-0.39, 0.29) is 47.0 Å². The van der Waals surface area contributed by atoms with E-state index in [1.54, 1.807) is 12.1 Å². The molecule has 0 aliphatic heterocycles. The van der Waals surface area contributed by atoms with Crippen LogP contribution in [0, 0.1) is 11.3 Å². The van der Waals surface area contributed by atoms with Crippen LogP contribution in [0.2, 0.25) is 0 Å². The van der Waals surface area contributed by atoms with E-state index in [0.717, 1.165) is 58.6 Å². The summed E-state index contributed by atoms with van der Waals surface area (Å²) in [7, 11) is 0. The molecule has 0 saturated heterocycles. The first kappa shape index (κ1) is 45.0. The van der Waals surface area contributed by atoms with Gasteiger partial charge in [0.15, 0.2) is 0 Å². The molecule has 0 amide bonds. The van der Waals surface area contributed by atoms with Crippen LogP contribution in [0.25, 0.3) is 11.1 Å². The minimum absolute atomic E-state index is 0. The number of rotatable bonds is 4. The number of hydrogen-bond donors (Lipinski definition) is 0. The van der Waals surface area contributed by atoms with Gasteiger partial charge in [0.25, 0.3) is 0 Å².